The van der Waals surface area contributed by atoms with Gasteiger partial charge in [-0.3, -0.25) is 0 Å². The first-order valence-electron chi connectivity index (χ1n) is 7.30. The van der Waals surface area contributed by atoms with Crippen LogP contribution >= 0.6 is 11.6 Å². The van der Waals surface area contributed by atoms with E-state index >= 15 is 0 Å². The maximum atomic E-state index is 13.8. The van der Waals surface area contributed by atoms with E-state index in [-0.39, 0.29) is 17.2 Å². The molecule has 3 aromatic rings. The highest BCUT2D eigenvalue weighted by atomic mass is 35.5. The lowest BCUT2D eigenvalue weighted by atomic mass is 10.2. The molecule has 25 heavy (non-hydrogen) atoms. The molecule has 1 aromatic heterocycles. The number of rotatable bonds is 4. The van der Waals surface area contributed by atoms with Crippen molar-refractivity contribution in [2.75, 3.05) is 16.4 Å². The minimum atomic E-state index is -0.752. The molecule has 128 valence electrons. The summed E-state index contributed by atoms with van der Waals surface area (Å²) in [4.78, 5) is 8.08. The number of halogens is 3. The van der Waals surface area contributed by atoms with Gasteiger partial charge in [0.15, 0.2) is 11.6 Å². The standard InChI is InChI=1S/C17H14ClF2N5/c1-9-2-4-11(7-12(9)18)24-16-15(21)17(23-8-22-16)25-14-5-3-10(19)6-13(14)20/h2-8H,21H2,1H3,(H2,22,23,24,25). The minimum absolute atomic E-state index is 0.0520. The third kappa shape index (κ3) is 3.77. The van der Waals surface area contributed by atoms with Gasteiger partial charge in [-0.25, -0.2) is 18.7 Å². The minimum Gasteiger partial charge on any atom is -0.393 e. The average Bonchev–Trinajstić information content (AvgIpc) is 2.57. The molecule has 4 N–H and O–H groups in total. The van der Waals surface area contributed by atoms with Crippen molar-refractivity contribution in [1.82, 2.24) is 9.97 Å². The van der Waals surface area contributed by atoms with Crippen molar-refractivity contribution in [3.63, 3.8) is 0 Å². The van der Waals surface area contributed by atoms with E-state index in [0.717, 1.165) is 17.7 Å². The van der Waals surface area contributed by atoms with E-state index in [2.05, 4.69) is 20.6 Å². The highest BCUT2D eigenvalue weighted by molar-refractivity contribution is 6.31. The average molecular weight is 362 g/mol. The summed E-state index contributed by atoms with van der Waals surface area (Å²) in [6, 6.07) is 8.60. The lowest BCUT2D eigenvalue weighted by molar-refractivity contribution is 0.586. The zero-order valence-corrected chi connectivity index (χ0v) is 13.9. The van der Waals surface area contributed by atoms with Crippen molar-refractivity contribution >= 4 is 40.3 Å². The van der Waals surface area contributed by atoms with Crippen molar-refractivity contribution in [1.29, 1.82) is 0 Å². The van der Waals surface area contributed by atoms with Crippen LogP contribution in [-0.2, 0) is 0 Å². The molecule has 0 saturated heterocycles. The van der Waals surface area contributed by atoms with Crippen LogP contribution in [0.25, 0.3) is 0 Å². The van der Waals surface area contributed by atoms with E-state index in [9.17, 15) is 8.78 Å². The van der Waals surface area contributed by atoms with Gasteiger partial charge in [0, 0.05) is 16.8 Å². The molecule has 8 heteroatoms. The zero-order chi connectivity index (χ0) is 18.0. The Morgan fingerprint density at radius 3 is 2.40 bits per heavy atom. The summed E-state index contributed by atoms with van der Waals surface area (Å²) in [6.07, 6.45) is 1.28. The number of nitrogens with one attached hydrogen (secondary N) is 2. The van der Waals surface area contributed by atoms with Crippen LogP contribution < -0.4 is 16.4 Å². The molecule has 0 aliphatic heterocycles. The van der Waals surface area contributed by atoms with Gasteiger partial charge in [0.05, 0.1) is 5.69 Å². The van der Waals surface area contributed by atoms with Crippen molar-refractivity contribution in [2.24, 2.45) is 0 Å². The number of hydrogen-bond acceptors (Lipinski definition) is 5. The number of nitrogens with zero attached hydrogens (tertiary/aromatic N) is 2. The first-order valence-corrected chi connectivity index (χ1v) is 7.67. The van der Waals surface area contributed by atoms with Gasteiger partial charge in [-0.15, -0.1) is 0 Å². The van der Waals surface area contributed by atoms with Crippen molar-refractivity contribution < 1.29 is 8.78 Å². The van der Waals surface area contributed by atoms with Gasteiger partial charge >= 0.3 is 0 Å². The first kappa shape index (κ1) is 16.9. The van der Waals surface area contributed by atoms with Gasteiger partial charge < -0.3 is 16.4 Å². The molecule has 0 fully saturated rings. The van der Waals surface area contributed by atoms with Crippen LogP contribution in [0.1, 0.15) is 5.56 Å². The lowest BCUT2D eigenvalue weighted by Gasteiger charge is -2.13. The van der Waals surface area contributed by atoms with Crippen LogP contribution in [0.5, 0.6) is 0 Å². The lowest BCUT2D eigenvalue weighted by Crippen LogP contribution is -2.06. The number of anilines is 5. The molecule has 5 nitrogen and oxygen atoms in total. The summed E-state index contributed by atoms with van der Waals surface area (Å²) in [5, 5.41) is 6.37. The first-order chi connectivity index (χ1) is 11.9. The Morgan fingerprint density at radius 2 is 1.72 bits per heavy atom. The molecule has 3 rings (SSSR count). The topological polar surface area (TPSA) is 75.9 Å². The fraction of sp³-hybridized carbons (Fsp3) is 0.0588. The van der Waals surface area contributed by atoms with Crippen molar-refractivity contribution in [3.05, 3.63) is 64.9 Å². The second-order valence-electron chi connectivity index (χ2n) is 5.32. The van der Waals surface area contributed by atoms with E-state index in [4.69, 9.17) is 17.3 Å². The molecule has 0 radical (unpaired) electrons. The van der Waals surface area contributed by atoms with Gasteiger partial charge in [-0.1, -0.05) is 17.7 Å². The molecule has 0 spiro atoms. The van der Waals surface area contributed by atoms with E-state index < -0.39 is 11.6 Å². The Kier molecular flexibility index (Phi) is 4.67. The van der Waals surface area contributed by atoms with E-state index in [0.29, 0.717) is 16.5 Å². The van der Waals surface area contributed by atoms with Gasteiger partial charge in [0.1, 0.15) is 23.6 Å². The van der Waals surface area contributed by atoms with E-state index in [1.807, 2.05) is 19.1 Å². The van der Waals surface area contributed by atoms with Crippen molar-refractivity contribution in [2.45, 2.75) is 6.92 Å². The number of nitrogens with two attached hydrogens (primary N) is 1. The Labute approximate surface area is 147 Å². The molecular weight excluding hydrogens is 348 g/mol. The van der Waals surface area contributed by atoms with Crippen LogP contribution in [-0.4, -0.2) is 9.97 Å². The SMILES string of the molecule is Cc1ccc(Nc2ncnc(Nc3ccc(F)cc3F)c2N)cc1Cl. The molecule has 0 aliphatic carbocycles. The number of nitrogen functional groups attached to an aromatic ring is 1. The third-order valence-corrected chi connectivity index (χ3v) is 3.91. The maximum Gasteiger partial charge on any atom is 0.159 e. The predicted molar refractivity (Wildman–Crippen MR) is 95.6 cm³/mol. The van der Waals surface area contributed by atoms with Crippen LogP contribution in [0, 0.1) is 18.6 Å². The number of benzene rings is 2. The van der Waals surface area contributed by atoms with Crippen LogP contribution in [0.2, 0.25) is 5.02 Å². The second kappa shape index (κ2) is 6.90. The molecule has 2 aromatic carbocycles. The van der Waals surface area contributed by atoms with Crippen LogP contribution in [0.4, 0.5) is 37.5 Å². The smallest absolute Gasteiger partial charge is 0.159 e. The van der Waals surface area contributed by atoms with Gasteiger partial charge in [-0.05, 0) is 36.8 Å². The molecule has 0 unspecified atom stereocenters. The quantitative estimate of drug-likeness (QED) is 0.623. The molecule has 0 aliphatic rings. The second-order valence-corrected chi connectivity index (χ2v) is 5.73. The number of aryl methyl sites for hydroxylation is 1. The number of aromatic nitrogens is 2. The summed E-state index contributed by atoms with van der Waals surface area (Å²) >= 11 is 6.10. The van der Waals surface area contributed by atoms with Crippen LogP contribution in [0.3, 0.4) is 0 Å². The summed E-state index contributed by atoms with van der Waals surface area (Å²) < 4.78 is 26.8. The van der Waals surface area contributed by atoms with Gasteiger partial charge in [0.2, 0.25) is 0 Å². The highest BCUT2D eigenvalue weighted by Crippen LogP contribution is 2.30. The highest BCUT2D eigenvalue weighted by Gasteiger charge is 2.11. The Balaban J connectivity index is 1.87. The maximum absolute atomic E-state index is 13.8. The summed E-state index contributed by atoms with van der Waals surface area (Å²) in [7, 11) is 0. The Hall–Kier alpha value is -2.93. The third-order valence-electron chi connectivity index (χ3n) is 3.50. The van der Waals surface area contributed by atoms with Crippen molar-refractivity contribution in [3.8, 4) is 0 Å². The molecule has 0 saturated carbocycles. The number of hydrogen-bond donors (Lipinski definition) is 3. The summed E-state index contributed by atoms with van der Waals surface area (Å²) in [5.41, 5.74) is 7.92. The Morgan fingerprint density at radius 1 is 1.00 bits per heavy atom. The summed E-state index contributed by atoms with van der Waals surface area (Å²) in [5.74, 6) is -0.892. The molecular formula is C17H14ClF2N5. The van der Waals surface area contributed by atoms with E-state index in [1.54, 1.807) is 6.07 Å². The normalized spacial score (nSPS) is 10.6. The van der Waals surface area contributed by atoms with Gasteiger partial charge in [0.25, 0.3) is 0 Å². The molecule has 1 heterocycles. The molecule has 0 bridgehead atoms. The molecule has 0 atom stereocenters. The van der Waals surface area contributed by atoms with E-state index in [1.165, 1.54) is 12.4 Å². The largest absolute Gasteiger partial charge is 0.393 e. The van der Waals surface area contributed by atoms with Gasteiger partial charge in [-0.2, -0.15) is 0 Å². The van der Waals surface area contributed by atoms with Crippen LogP contribution in [0.15, 0.2) is 42.7 Å². The zero-order valence-electron chi connectivity index (χ0n) is 13.1. The predicted octanol–water partition coefficient (Wildman–Crippen LogP) is 4.79. The molecule has 0 amide bonds. The summed E-state index contributed by atoms with van der Waals surface area (Å²) in [6.45, 7) is 1.89. The monoisotopic (exact) mass is 361 g/mol. The fourth-order valence-electron chi connectivity index (χ4n) is 2.12. The Bertz CT molecular complexity index is 933. The fourth-order valence-corrected chi connectivity index (χ4v) is 2.30.